The number of rotatable bonds is 7. The minimum absolute atomic E-state index is 0.0256. The van der Waals surface area contributed by atoms with Gasteiger partial charge in [-0.2, -0.15) is 0 Å². The number of hydrogen-bond acceptors (Lipinski definition) is 3. The van der Waals surface area contributed by atoms with Crippen molar-refractivity contribution in [3.63, 3.8) is 0 Å². The van der Waals surface area contributed by atoms with Crippen molar-refractivity contribution in [2.24, 2.45) is 0 Å². The number of carbonyl (C=O) groups is 1. The maximum Gasteiger partial charge on any atom is 0.224 e. The molecule has 0 spiro atoms. The Bertz CT molecular complexity index is 599. The third kappa shape index (κ3) is 5.62. The van der Waals surface area contributed by atoms with Gasteiger partial charge in [0.15, 0.2) is 0 Å². The molecule has 0 heterocycles. The predicted octanol–water partition coefficient (Wildman–Crippen LogP) is 4.86. The first-order valence-corrected chi connectivity index (χ1v) is 8.36. The van der Waals surface area contributed by atoms with Crippen LogP contribution in [0.15, 0.2) is 53.4 Å². The molecule has 2 aromatic rings. The van der Waals surface area contributed by atoms with E-state index >= 15 is 0 Å². The molecule has 0 atom stereocenters. The van der Waals surface area contributed by atoms with E-state index in [0.717, 1.165) is 23.6 Å². The molecule has 0 aliphatic carbocycles. The largest absolute Gasteiger partial charge is 0.497 e. The van der Waals surface area contributed by atoms with Crippen molar-refractivity contribution in [1.82, 2.24) is 0 Å². The van der Waals surface area contributed by atoms with Crippen LogP contribution in [0, 0.1) is 0 Å². The van der Waals surface area contributed by atoms with E-state index < -0.39 is 0 Å². The van der Waals surface area contributed by atoms with Crippen LogP contribution in [-0.2, 0) is 4.79 Å². The number of anilines is 1. The van der Waals surface area contributed by atoms with Gasteiger partial charge >= 0.3 is 0 Å². The number of nitrogens with one attached hydrogen (secondary N) is 1. The van der Waals surface area contributed by atoms with Gasteiger partial charge in [0.1, 0.15) is 5.75 Å². The summed E-state index contributed by atoms with van der Waals surface area (Å²) in [7, 11) is 1.65. The summed E-state index contributed by atoms with van der Waals surface area (Å²) >= 11 is 7.54. The van der Waals surface area contributed by atoms with Crippen LogP contribution in [-0.4, -0.2) is 18.8 Å². The molecular formula is C17H18ClNO2S. The van der Waals surface area contributed by atoms with Crippen molar-refractivity contribution < 1.29 is 9.53 Å². The molecule has 1 N–H and O–H groups in total. The summed E-state index contributed by atoms with van der Waals surface area (Å²) in [4.78, 5) is 13.0. The number of amides is 1. The van der Waals surface area contributed by atoms with E-state index in [1.165, 1.54) is 4.90 Å². The zero-order valence-electron chi connectivity index (χ0n) is 12.3. The zero-order valence-corrected chi connectivity index (χ0v) is 13.9. The fourth-order valence-corrected chi connectivity index (χ4v) is 2.83. The van der Waals surface area contributed by atoms with Crippen LogP contribution in [0.5, 0.6) is 5.75 Å². The Morgan fingerprint density at radius 1 is 1.14 bits per heavy atom. The Morgan fingerprint density at radius 2 is 1.82 bits per heavy atom. The molecule has 22 heavy (non-hydrogen) atoms. The number of carbonyl (C=O) groups excluding carboxylic acids is 1. The van der Waals surface area contributed by atoms with Crippen molar-refractivity contribution in [2.45, 2.75) is 17.7 Å². The molecule has 0 radical (unpaired) electrons. The summed E-state index contributed by atoms with van der Waals surface area (Å²) in [6, 6.07) is 15.0. The van der Waals surface area contributed by atoms with Gasteiger partial charge in [0, 0.05) is 22.0 Å². The Morgan fingerprint density at radius 3 is 2.45 bits per heavy atom. The molecule has 0 saturated heterocycles. The van der Waals surface area contributed by atoms with E-state index in [9.17, 15) is 4.79 Å². The van der Waals surface area contributed by atoms with Gasteiger partial charge in [0.2, 0.25) is 5.91 Å². The first kappa shape index (κ1) is 16.7. The minimum Gasteiger partial charge on any atom is -0.497 e. The van der Waals surface area contributed by atoms with Gasteiger partial charge in [-0.15, -0.1) is 11.8 Å². The lowest BCUT2D eigenvalue weighted by Crippen LogP contribution is -2.11. The van der Waals surface area contributed by atoms with E-state index in [4.69, 9.17) is 16.3 Å². The van der Waals surface area contributed by atoms with E-state index in [1.54, 1.807) is 43.1 Å². The minimum atomic E-state index is 0.0256. The standard InChI is InChI=1S/C17H18ClNO2S/c1-21-15-8-10-16(11-9-15)22-12-2-3-17(20)19-14-6-4-13(18)5-7-14/h4-11H,2-3,12H2,1H3,(H,19,20). The third-order valence-electron chi connectivity index (χ3n) is 3.00. The first-order chi connectivity index (χ1) is 10.7. The summed E-state index contributed by atoms with van der Waals surface area (Å²) in [5, 5.41) is 3.52. The highest BCUT2D eigenvalue weighted by molar-refractivity contribution is 7.99. The molecule has 0 unspecified atom stereocenters. The monoisotopic (exact) mass is 335 g/mol. The normalized spacial score (nSPS) is 10.3. The third-order valence-corrected chi connectivity index (χ3v) is 4.35. The molecular weight excluding hydrogens is 318 g/mol. The molecule has 2 rings (SSSR count). The molecule has 3 nitrogen and oxygen atoms in total. The fourth-order valence-electron chi connectivity index (χ4n) is 1.85. The highest BCUT2D eigenvalue weighted by Gasteiger charge is 2.03. The van der Waals surface area contributed by atoms with Crippen LogP contribution in [0.1, 0.15) is 12.8 Å². The lowest BCUT2D eigenvalue weighted by Gasteiger charge is -2.06. The maximum atomic E-state index is 11.8. The Kier molecular flexibility index (Phi) is 6.62. The van der Waals surface area contributed by atoms with Crippen LogP contribution in [0.25, 0.3) is 0 Å². The number of benzene rings is 2. The summed E-state index contributed by atoms with van der Waals surface area (Å²) < 4.78 is 5.12. The molecule has 0 bridgehead atoms. The summed E-state index contributed by atoms with van der Waals surface area (Å²) in [5.41, 5.74) is 0.775. The molecule has 2 aromatic carbocycles. The SMILES string of the molecule is COc1ccc(SCCCC(=O)Nc2ccc(Cl)cc2)cc1. The smallest absolute Gasteiger partial charge is 0.224 e. The fraction of sp³-hybridized carbons (Fsp3) is 0.235. The van der Waals surface area contributed by atoms with Crippen LogP contribution < -0.4 is 10.1 Å². The quantitative estimate of drug-likeness (QED) is 0.580. The van der Waals surface area contributed by atoms with Gasteiger partial charge in [0.05, 0.1) is 7.11 Å². The summed E-state index contributed by atoms with van der Waals surface area (Å²) in [5.74, 6) is 1.78. The van der Waals surface area contributed by atoms with Crippen molar-refractivity contribution in [1.29, 1.82) is 0 Å². The molecule has 0 aliphatic rings. The molecule has 116 valence electrons. The van der Waals surface area contributed by atoms with E-state index in [2.05, 4.69) is 5.32 Å². The second-order valence-corrected chi connectivity index (χ2v) is 6.29. The van der Waals surface area contributed by atoms with Crippen molar-refractivity contribution in [2.75, 3.05) is 18.2 Å². The maximum absolute atomic E-state index is 11.8. The average Bonchev–Trinajstić information content (AvgIpc) is 2.54. The van der Waals surface area contributed by atoms with Gasteiger partial charge in [-0.05, 0) is 60.7 Å². The van der Waals surface area contributed by atoms with Crippen molar-refractivity contribution in [3.05, 3.63) is 53.6 Å². The Hall–Kier alpha value is -1.65. The molecule has 0 saturated carbocycles. The number of halogens is 1. The van der Waals surface area contributed by atoms with Gasteiger partial charge in [-0.3, -0.25) is 4.79 Å². The topological polar surface area (TPSA) is 38.3 Å². The highest BCUT2D eigenvalue weighted by Crippen LogP contribution is 2.22. The Balaban J connectivity index is 1.67. The van der Waals surface area contributed by atoms with Gasteiger partial charge < -0.3 is 10.1 Å². The summed E-state index contributed by atoms with van der Waals surface area (Å²) in [6.07, 6.45) is 1.34. The molecule has 0 fully saturated rings. The molecule has 5 heteroatoms. The van der Waals surface area contributed by atoms with E-state index in [1.807, 2.05) is 24.3 Å². The number of thioether (sulfide) groups is 1. The van der Waals surface area contributed by atoms with Crippen molar-refractivity contribution in [3.8, 4) is 5.75 Å². The average molecular weight is 336 g/mol. The number of methoxy groups -OCH3 is 1. The predicted molar refractivity (Wildman–Crippen MR) is 93.0 cm³/mol. The van der Waals surface area contributed by atoms with Crippen LogP contribution in [0.4, 0.5) is 5.69 Å². The van der Waals surface area contributed by atoms with Gasteiger partial charge in [-0.1, -0.05) is 11.6 Å². The van der Waals surface area contributed by atoms with Crippen molar-refractivity contribution >= 4 is 35.0 Å². The van der Waals surface area contributed by atoms with Gasteiger partial charge in [-0.25, -0.2) is 0 Å². The lowest BCUT2D eigenvalue weighted by molar-refractivity contribution is -0.116. The number of ether oxygens (including phenoxy) is 1. The van der Waals surface area contributed by atoms with E-state index in [-0.39, 0.29) is 5.91 Å². The van der Waals surface area contributed by atoms with Crippen LogP contribution in [0.2, 0.25) is 5.02 Å². The number of hydrogen-bond donors (Lipinski definition) is 1. The van der Waals surface area contributed by atoms with Gasteiger partial charge in [0.25, 0.3) is 0 Å². The second kappa shape index (κ2) is 8.71. The molecule has 1 amide bonds. The lowest BCUT2D eigenvalue weighted by atomic mass is 10.3. The van der Waals surface area contributed by atoms with Crippen LogP contribution in [0.3, 0.4) is 0 Å². The first-order valence-electron chi connectivity index (χ1n) is 6.99. The molecule has 0 aromatic heterocycles. The second-order valence-electron chi connectivity index (χ2n) is 4.68. The Labute approximate surface area is 140 Å². The van der Waals surface area contributed by atoms with E-state index in [0.29, 0.717) is 11.4 Å². The highest BCUT2D eigenvalue weighted by atomic mass is 35.5. The zero-order chi connectivity index (χ0) is 15.8. The van der Waals surface area contributed by atoms with Crippen LogP contribution >= 0.6 is 23.4 Å². The molecule has 0 aliphatic heterocycles. The summed E-state index contributed by atoms with van der Waals surface area (Å²) in [6.45, 7) is 0.